The minimum atomic E-state index is 0.0434. The van der Waals surface area contributed by atoms with E-state index >= 15 is 0 Å². The Morgan fingerprint density at radius 3 is 2.62 bits per heavy atom. The maximum atomic E-state index is 11.2. The van der Waals surface area contributed by atoms with Gasteiger partial charge in [0.25, 0.3) is 0 Å². The van der Waals surface area contributed by atoms with Crippen molar-refractivity contribution >= 4 is 5.91 Å². The molecule has 1 amide bonds. The second kappa shape index (κ2) is 6.86. The van der Waals surface area contributed by atoms with E-state index in [0.717, 1.165) is 6.42 Å². The van der Waals surface area contributed by atoms with Crippen molar-refractivity contribution in [2.45, 2.75) is 38.8 Å². The number of methoxy groups -OCH3 is 1. The van der Waals surface area contributed by atoms with Crippen LogP contribution in [0.25, 0.3) is 0 Å². The Bertz CT molecular complexity index is 151. The molecule has 0 aliphatic rings. The summed E-state index contributed by atoms with van der Waals surface area (Å²) in [6.07, 6.45) is 1.39. The number of carbonyl (C=O) groups excluding carboxylic acids is 1. The molecule has 1 unspecified atom stereocenters. The van der Waals surface area contributed by atoms with Gasteiger partial charge >= 0.3 is 0 Å². The van der Waals surface area contributed by atoms with E-state index in [1.807, 2.05) is 13.8 Å². The number of hydrogen-bond donors (Lipinski definition) is 2. The third kappa shape index (κ3) is 6.54. The zero-order valence-electron chi connectivity index (χ0n) is 8.67. The summed E-state index contributed by atoms with van der Waals surface area (Å²) in [6.45, 7) is 4.31. The van der Waals surface area contributed by atoms with Crippen LogP contribution >= 0.6 is 0 Å². The first-order chi connectivity index (χ1) is 6.10. The molecular weight excluding hydrogens is 168 g/mol. The molecular formula is C9H20N2O2. The molecule has 0 saturated carbocycles. The molecule has 0 fully saturated rings. The summed E-state index contributed by atoms with van der Waals surface area (Å²) >= 11 is 0. The number of amides is 1. The van der Waals surface area contributed by atoms with E-state index in [-0.39, 0.29) is 18.1 Å². The van der Waals surface area contributed by atoms with Crippen molar-refractivity contribution in [2.24, 2.45) is 5.73 Å². The molecule has 4 nitrogen and oxygen atoms in total. The first kappa shape index (κ1) is 12.4. The Morgan fingerprint density at radius 1 is 1.54 bits per heavy atom. The predicted molar refractivity (Wildman–Crippen MR) is 52.4 cm³/mol. The average Bonchev–Trinajstić information content (AvgIpc) is 2.13. The second-order valence-corrected chi connectivity index (χ2v) is 3.29. The van der Waals surface area contributed by atoms with Gasteiger partial charge in [0, 0.05) is 26.1 Å². The summed E-state index contributed by atoms with van der Waals surface area (Å²) in [5.41, 5.74) is 5.36. The summed E-state index contributed by atoms with van der Waals surface area (Å²) in [5.74, 6) is 0.0434. The van der Waals surface area contributed by atoms with Gasteiger partial charge in [0.15, 0.2) is 0 Å². The molecule has 13 heavy (non-hydrogen) atoms. The van der Waals surface area contributed by atoms with Crippen LogP contribution in [-0.4, -0.2) is 31.7 Å². The van der Waals surface area contributed by atoms with Gasteiger partial charge < -0.3 is 15.8 Å². The monoisotopic (exact) mass is 188 g/mol. The van der Waals surface area contributed by atoms with Gasteiger partial charge in [-0.1, -0.05) is 0 Å². The quantitative estimate of drug-likeness (QED) is 0.628. The van der Waals surface area contributed by atoms with Crippen LogP contribution in [0, 0.1) is 0 Å². The lowest BCUT2D eigenvalue weighted by atomic mass is 10.2. The summed E-state index contributed by atoms with van der Waals surface area (Å²) in [7, 11) is 1.64. The van der Waals surface area contributed by atoms with Gasteiger partial charge in [-0.3, -0.25) is 4.79 Å². The highest BCUT2D eigenvalue weighted by Crippen LogP contribution is 1.99. The van der Waals surface area contributed by atoms with E-state index in [4.69, 9.17) is 10.5 Å². The Morgan fingerprint density at radius 2 is 2.15 bits per heavy atom. The molecule has 3 N–H and O–H groups in total. The minimum absolute atomic E-state index is 0.0434. The van der Waals surface area contributed by atoms with Crippen LogP contribution in [0.15, 0.2) is 0 Å². The Labute approximate surface area is 79.8 Å². The zero-order chi connectivity index (χ0) is 10.3. The lowest BCUT2D eigenvalue weighted by Gasteiger charge is -2.12. The van der Waals surface area contributed by atoms with Gasteiger partial charge in [0.05, 0.1) is 6.10 Å². The van der Waals surface area contributed by atoms with E-state index in [1.54, 1.807) is 7.11 Å². The Kier molecular flexibility index (Phi) is 6.54. The van der Waals surface area contributed by atoms with Crippen molar-refractivity contribution in [3.8, 4) is 0 Å². The molecule has 0 aromatic carbocycles. The number of ether oxygens (including phenoxy) is 1. The number of carbonyl (C=O) groups is 1. The van der Waals surface area contributed by atoms with Gasteiger partial charge in [-0.25, -0.2) is 0 Å². The fraction of sp³-hybridized carbons (Fsp3) is 0.889. The molecule has 0 aliphatic carbocycles. The maximum Gasteiger partial charge on any atom is 0.220 e. The third-order valence-corrected chi connectivity index (χ3v) is 1.94. The molecule has 0 aliphatic heterocycles. The van der Waals surface area contributed by atoms with Crippen molar-refractivity contribution in [2.75, 3.05) is 13.7 Å². The molecule has 0 rings (SSSR count). The van der Waals surface area contributed by atoms with E-state index in [0.29, 0.717) is 13.0 Å². The van der Waals surface area contributed by atoms with Crippen LogP contribution in [0.4, 0.5) is 0 Å². The highest BCUT2D eigenvalue weighted by Gasteiger charge is 2.07. The molecule has 0 heterocycles. The van der Waals surface area contributed by atoms with Crippen LogP contribution in [0.5, 0.6) is 0 Å². The molecule has 0 aromatic heterocycles. The molecule has 78 valence electrons. The number of rotatable bonds is 6. The highest BCUT2D eigenvalue weighted by atomic mass is 16.5. The standard InChI is InChI=1S/C9H20N2O2/c1-7(6-10)11-9(12)5-4-8(2)13-3/h7-8H,4-6,10H2,1-3H3,(H,11,12)/t7-,8?/m1/s1. The van der Waals surface area contributed by atoms with Gasteiger partial charge in [-0.15, -0.1) is 0 Å². The third-order valence-electron chi connectivity index (χ3n) is 1.94. The second-order valence-electron chi connectivity index (χ2n) is 3.29. The van der Waals surface area contributed by atoms with Crippen molar-refractivity contribution in [1.29, 1.82) is 0 Å². The summed E-state index contributed by atoms with van der Waals surface area (Å²) in [4.78, 5) is 11.2. The average molecular weight is 188 g/mol. The van der Waals surface area contributed by atoms with Crippen LogP contribution < -0.4 is 11.1 Å². The molecule has 0 spiro atoms. The molecule has 0 aromatic rings. The molecule has 2 atom stereocenters. The van der Waals surface area contributed by atoms with Gasteiger partial charge in [-0.05, 0) is 20.3 Å². The van der Waals surface area contributed by atoms with Gasteiger partial charge in [-0.2, -0.15) is 0 Å². The van der Waals surface area contributed by atoms with Crippen molar-refractivity contribution in [3.05, 3.63) is 0 Å². The minimum Gasteiger partial charge on any atom is -0.382 e. The van der Waals surface area contributed by atoms with E-state index in [2.05, 4.69) is 5.32 Å². The highest BCUT2D eigenvalue weighted by molar-refractivity contribution is 5.76. The molecule has 4 heteroatoms. The van der Waals surface area contributed by atoms with E-state index in [9.17, 15) is 4.79 Å². The molecule has 0 bridgehead atoms. The number of hydrogen-bond acceptors (Lipinski definition) is 3. The zero-order valence-corrected chi connectivity index (χ0v) is 8.67. The normalized spacial score (nSPS) is 15.1. The largest absolute Gasteiger partial charge is 0.382 e. The smallest absolute Gasteiger partial charge is 0.220 e. The van der Waals surface area contributed by atoms with Crippen LogP contribution in [0.1, 0.15) is 26.7 Å². The van der Waals surface area contributed by atoms with Gasteiger partial charge in [0.2, 0.25) is 5.91 Å². The Balaban J connectivity index is 3.51. The summed E-state index contributed by atoms with van der Waals surface area (Å²) in [6, 6.07) is 0.0605. The fourth-order valence-electron chi connectivity index (χ4n) is 0.858. The van der Waals surface area contributed by atoms with Crippen molar-refractivity contribution < 1.29 is 9.53 Å². The van der Waals surface area contributed by atoms with E-state index in [1.165, 1.54) is 0 Å². The SMILES string of the molecule is COC(C)CCC(=O)N[C@H](C)CN. The number of nitrogens with one attached hydrogen (secondary N) is 1. The predicted octanol–water partition coefficient (Wildman–Crippen LogP) is 0.265. The fourth-order valence-corrected chi connectivity index (χ4v) is 0.858. The van der Waals surface area contributed by atoms with Crippen LogP contribution in [0.3, 0.4) is 0 Å². The topological polar surface area (TPSA) is 64.3 Å². The lowest BCUT2D eigenvalue weighted by molar-refractivity contribution is -0.122. The maximum absolute atomic E-state index is 11.2. The molecule has 0 saturated heterocycles. The van der Waals surface area contributed by atoms with Crippen LogP contribution in [0.2, 0.25) is 0 Å². The Hall–Kier alpha value is -0.610. The first-order valence-corrected chi connectivity index (χ1v) is 4.62. The molecule has 0 radical (unpaired) electrons. The summed E-state index contributed by atoms with van der Waals surface area (Å²) < 4.78 is 5.03. The van der Waals surface area contributed by atoms with Crippen molar-refractivity contribution in [1.82, 2.24) is 5.32 Å². The number of nitrogens with two attached hydrogens (primary N) is 1. The van der Waals surface area contributed by atoms with Gasteiger partial charge in [0.1, 0.15) is 0 Å². The van der Waals surface area contributed by atoms with Crippen LogP contribution in [-0.2, 0) is 9.53 Å². The van der Waals surface area contributed by atoms with E-state index < -0.39 is 0 Å². The van der Waals surface area contributed by atoms with Crippen molar-refractivity contribution in [3.63, 3.8) is 0 Å². The first-order valence-electron chi connectivity index (χ1n) is 4.62. The lowest BCUT2D eigenvalue weighted by Crippen LogP contribution is -2.37. The summed E-state index contributed by atoms with van der Waals surface area (Å²) in [5, 5.41) is 2.79.